The van der Waals surface area contributed by atoms with Gasteiger partial charge in [-0.25, -0.2) is 24.0 Å². The first kappa shape index (κ1) is 18.1. The molecule has 8 heteroatoms. The second-order valence-corrected chi connectivity index (χ2v) is 7.02. The van der Waals surface area contributed by atoms with Crippen molar-refractivity contribution in [2.24, 2.45) is 4.99 Å². The summed E-state index contributed by atoms with van der Waals surface area (Å²) < 4.78 is 15.8. The van der Waals surface area contributed by atoms with Gasteiger partial charge in [-0.05, 0) is 24.6 Å². The highest BCUT2D eigenvalue weighted by Crippen LogP contribution is 2.30. The Morgan fingerprint density at radius 1 is 1.13 bits per heavy atom. The highest BCUT2D eigenvalue weighted by atomic mass is 19.1. The molecule has 0 saturated heterocycles. The van der Waals surface area contributed by atoms with Crippen LogP contribution < -0.4 is 5.73 Å². The first-order valence-electron chi connectivity index (χ1n) is 9.57. The second-order valence-electron chi connectivity index (χ2n) is 7.02. The van der Waals surface area contributed by atoms with Crippen molar-refractivity contribution < 1.29 is 4.39 Å². The van der Waals surface area contributed by atoms with Crippen LogP contribution in [0.3, 0.4) is 0 Å². The zero-order valence-electron chi connectivity index (χ0n) is 16.0. The highest BCUT2D eigenvalue weighted by molar-refractivity contribution is 5.89. The summed E-state index contributed by atoms with van der Waals surface area (Å²) in [5.74, 6) is 0.641. The molecule has 2 N–H and O–H groups in total. The van der Waals surface area contributed by atoms with E-state index < -0.39 is 0 Å². The van der Waals surface area contributed by atoms with Crippen molar-refractivity contribution in [3.05, 3.63) is 78.0 Å². The van der Waals surface area contributed by atoms with Gasteiger partial charge in [0.1, 0.15) is 17.3 Å². The normalized spacial score (nSPS) is 15.7. The van der Waals surface area contributed by atoms with Crippen molar-refractivity contribution in [3.8, 4) is 11.5 Å². The van der Waals surface area contributed by atoms with Gasteiger partial charge in [-0.15, -0.1) is 0 Å². The van der Waals surface area contributed by atoms with Gasteiger partial charge in [0.05, 0.1) is 11.9 Å². The minimum atomic E-state index is -0.285. The number of halogens is 1. The third kappa shape index (κ3) is 3.22. The molecule has 3 aromatic heterocycles. The van der Waals surface area contributed by atoms with Gasteiger partial charge >= 0.3 is 0 Å². The van der Waals surface area contributed by atoms with Crippen molar-refractivity contribution in [1.29, 1.82) is 0 Å². The Kier molecular flexibility index (Phi) is 4.51. The summed E-state index contributed by atoms with van der Waals surface area (Å²) in [6, 6.07) is 10.3. The van der Waals surface area contributed by atoms with E-state index in [-0.39, 0.29) is 18.3 Å². The van der Waals surface area contributed by atoms with Crippen LogP contribution in [0.5, 0.6) is 0 Å². The second kappa shape index (κ2) is 7.47. The summed E-state index contributed by atoms with van der Waals surface area (Å²) in [7, 11) is 0. The molecular weight excluding hydrogens is 381 g/mol. The van der Waals surface area contributed by atoms with Crippen molar-refractivity contribution in [3.63, 3.8) is 0 Å². The van der Waals surface area contributed by atoms with Crippen molar-refractivity contribution in [2.45, 2.75) is 18.9 Å². The summed E-state index contributed by atoms with van der Waals surface area (Å²) >= 11 is 0. The summed E-state index contributed by atoms with van der Waals surface area (Å²) in [6.07, 6.45) is 9.77. The van der Waals surface area contributed by atoms with Crippen LogP contribution in [0.1, 0.15) is 23.5 Å². The fourth-order valence-electron chi connectivity index (χ4n) is 3.57. The number of anilines is 1. The average Bonchev–Trinajstić information content (AvgIpc) is 3.14. The van der Waals surface area contributed by atoms with Crippen LogP contribution in [0.25, 0.3) is 22.6 Å². The molecule has 0 spiro atoms. The number of aliphatic imine (C=N–C) groups is 1. The van der Waals surface area contributed by atoms with Crippen molar-refractivity contribution in [2.75, 3.05) is 5.73 Å². The zero-order valence-corrected chi connectivity index (χ0v) is 16.0. The van der Waals surface area contributed by atoms with E-state index in [0.29, 0.717) is 28.5 Å². The summed E-state index contributed by atoms with van der Waals surface area (Å²) in [5, 5.41) is 5.43. The molecule has 0 fully saturated rings. The van der Waals surface area contributed by atoms with Crippen molar-refractivity contribution >= 4 is 23.1 Å². The van der Waals surface area contributed by atoms with E-state index in [1.807, 2.05) is 24.4 Å². The number of nitrogen functional groups attached to an aromatic ring is 1. The highest BCUT2D eigenvalue weighted by Gasteiger charge is 2.19. The zero-order chi connectivity index (χ0) is 20.5. The topological polar surface area (TPSA) is 94.9 Å². The van der Waals surface area contributed by atoms with Crippen LogP contribution in [0.15, 0.2) is 66.1 Å². The van der Waals surface area contributed by atoms with Gasteiger partial charge in [0.15, 0.2) is 11.5 Å². The van der Waals surface area contributed by atoms with E-state index in [1.165, 1.54) is 6.07 Å². The van der Waals surface area contributed by atoms with Gasteiger partial charge in [-0.3, -0.25) is 4.99 Å². The number of aromatic nitrogens is 5. The molecular formula is C22H18FN7. The first-order valence-corrected chi connectivity index (χ1v) is 9.57. The predicted octanol–water partition coefficient (Wildman–Crippen LogP) is 3.73. The van der Waals surface area contributed by atoms with Gasteiger partial charge in [-0.1, -0.05) is 24.3 Å². The van der Waals surface area contributed by atoms with E-state index >= 15 is 0 Å². The standard InChI is InChI=1S/C22H18FN7/c23-18-6-2-1-4-15(18)13-30-22-16(5-3-9-26-22)19(29-30)21-27-12-17(20(24)28-21)14-7-10-25-11-8-14/h1-7,9-12,14H,8,13H2,(H2,24,27,28). The number of hydrogen-bond acceptors (Lipinski definition) is 6. The van der Waals surface area contributed by atoms with Gasteiger partial charge in [0.2, 0.25) is 0 Å². The van der Waals surface area contributed by atoms with Crippen molar-refractivity contribution in [1.82, 2.24) is 24.7 Å². The summed E-state index contributed by atoms with van der Waals surface area (Å²) in [6.45, 7) is 0.250. The Balaban J connectivity index is 1.56. The lowest BCUT2D eigenvalue weighted by molar-refractivity contribution is 0.589. The molecule has 4 aromatic rings. The Labute approximate surface area is 171 Å². The SMILES string of the molecule is Nc1nc(-c2nn(Cc3ccccc3F)c3ncccc23)ncc1C1C=CN=CC1. The molecule has 4 heterocycles. The molecule has 148 valence electrons. The number of fused-ring (bicyclic) bond motifs is 1. The van der Waals surface area contributed by atoms with Crippen LogP contribution in [0.2, 0.25) is 0 Å². The molecule has 0 bridgehead atoms. The van der Waals surface area contributed by atoms with E-state index in [1.54, 1.807) is 41.5 Å². The molecule has 0 amide bonds. The molecule has 1 aromatic carbocycles. The number of pyridine rings is 1. The average molecular weight is 399 g/mol. The molecule has 30 heavy (non-hydrogen) atoms. The lowest BCUT2D eigenvalue weighted by Crippen LogP contribution is -2.08. The summed E-state index contributed by atoms with van der Waals surface area (Å²) in [5.41, 5.74) is 8.83. The Morgan fingerprint density at radius 2 is 2.03 bits per heavy atom. The number of nitrogens with zero attached hydrogens (tertiary/aromatic N) is 6. The number of hydrogen-bond donors (Lipinski definition) is 1. The fourth-order valence-corrected chi connectivity index (χ4v) is 3.57. The van der Waals surface area contributed by atoms with E-state index in [9.17, 15) is 4.39 Å². The number of rotatable bonds is 4. The maximum absolute atomic E-state index is 14.2. The molecule has 5 rings (SSSR count). The first-order chi connectivity index (χ1) is 14.7. The molecule has 1 aliphatic rings. The molecule has 1 atom stereocenters. The smallest absolute Gasteiger partial charge is 0.182 e. The largest absolute Gasteiger partial charge is 0.383 e. The third-order valence-electron chi connectivity index (χ3n) is 5.11. The van der Waals surface area contributed by atoms with Crippen LogP contribution in [0.4, 0.5) is 10.2 Å². The van der Waals surface area contributed by atoms with Crippen LogP contribution >= 0.6 is 0 Å². The summed E-state index contributed by atoms with van der Waals surface area (Å²) in [4.78, 5) is 17.6. The Bertz CT molecular complexity index is 1290. The van der Waals surface area contributed by atoms with E-state index in [2.05, 4.69) is 25.0 Å². The quantitative estimate of drug-likeness (QED) is 0.564. The lowest BCUT2D eigenvalue weighted by Gasteiger charge is -2.14. The predicted molar refractivity (Wildman–Crippen MR) is 113 cm³/mol. The minimum Gasteiger partial charge on any atom is -0.383 e. The van der Waals surface area contributed by atoms with Gasteiger partial charge in [0.25, 0.3) is 0 Å². The van der Waals surface area contributed by atoms with Crippen LogP contribution in [0, 0.1) is 5.82 Å². The number of benzene rings is 1. The van der Waals surface area contributed by atoms with Crippen LogP contribution in [-0.4, -0.2) is 30.9 Å². The maximum Gasteiger partial charge on any atom is 0.182 e. The monoisotopic (exact) mass is 399 g/mol. The van der Waals surface area contributed by atoms with Gasteiger partial charge in [0, 0.05) is 41.9 Å². The van der Waals surface area contributed by atoms with Gasteiger partial charge < -0.3 is 5.73 Å². The number of nitrogens with two attached hydrogens (primary N) is 1. The molecule has 0 aliphatic carbocycles. The molecule has 7 nitrogen and oxygen atoms in total. The molecule has 0 radical (unpaired) electrons. The fraction of sp³-hybridized carbons (Fsp3) is 0.136. The van der Waals surface area contributed by atoms with Gasteiger partial charge in [-0.2, -0.15) is 5.10 Å². The Morgan fingerprint density at radius 3 is 2.83 bits per heavy atom. The van der Waals surface area contributed by atoms with E-state index in [0.717, 1.165) is 17.4 Å². The minimum absolute atomic E-state index is 0.105. The number of allylic oxidation sites excluding steroid dienone is 1. The lowest BCUT2D eigenvalue weighted by atomic mass is 9.97. The van der Waals surface area contributed by atoms with E-state index in [4.69, 9.17) is 5.73 Å². The molecule has 0 saturated carbocycles. The molecule has 1 aliphatic heterocycles. The third-order valence-corrected chi connectivity index (χ3v) is 5.11. The Hall–Kier alpha value is -3.94. The molecule has 1 unspecified atom stereocenters. The maximum atomic E-state index is 14.2. The van der Waals surface area contributed by atoms with Crippen LogP contribution in [-0.2, 0) is 6.54 Å².